The zero-order chi connectivity index (χ0) is 21.3. The summed E-state index contributed by atoms with van der Waals surface area (Å²) >= 11 is 0. The van der Waals surface area contributed by atoms with Crippen molar-refractivity contribution in [2.75, 3.05) is 10.6 Å². The second kappa shape index (κ2) is 7.74. The Morgan fingerprint density at radius 2 is 1.67 bits per heavy atom. The lowest BCUT2D eigenvalue weighted by Crippen LogP contribution is -2.12. The summed E-state index contributed by atoms with van der Waals surface area (Å²) in [5.41, 5.74) is 4.89. The molecule has 0 saturated carbocycles. The summed E-state index contributed by atoms with van der Waals surface area (Å²) in [4.78, 5) is 12.1. The zero-order valence-corrected chi connectivity index (χ0v) is 17.1. The van der Waals surface area contributed by atoms with E-state index in [1.165, 1.54) is 4.68 Å². The highest BCUT2D eigenvalue weighted by molar-refractivity contribution is 6.02. The highest BCUT2D eigenvalue weighted by atomic mass is 16.2. The molecular formula is C20H21N9O. The van der Waals surface area contributed by atoms with E-state index in [0.717, 1.165) is 22.6 Å². The monoisotopic (exact) mass is 403 g/mol. The molecule has 0 aliphatic rings. The van der Waals surface area contributed by atoms with Gasteiger partial charge in [-0.05, 0) is 62.7 Å². The Balaban J connectivity index is 1.42. The first kappa shape index (κ1) is 19.2. The summed E-state index contributed by atoms with van der Waals surface area (Å²) in [6.45, 7) is 6.02. The summed E-state index contributed by atoms with van der Waals surface area (Å²) in [6, 6.07) is 11.0. The minimum atomic E-state index is -0.315. The number of hydrogen-bond donors (Lipinski definition) is 2. The maximum Gasteiger partial charge on any atom is 0.277 e. The van der Waals surface area contributed by atoms with Gasteiger partial charge >= 0.3 is 0 Å². The van der Waals surface area contributed by atoms with Gasteiger partial charge in [0.15, 0.2) is 17.3 Å². The van der Waals surface area contributed by atoms with Crippen molar-refractivity contribution in [3.63, 3.8) is 0 Å². The molecule has 10 nitrogen and oxygen atoms in total. The van der Waals surface area contributed by atoms with Crippen molar-refractivity contribution in [3.05, 3.63) is 65.2 Å². The quantitative estimate of drug-likeness (QED) is 0.526. The third kappa shape index (κ3) is 3.88. The number of anilines is 3. The number of benzene rings is 1. The number of carbonyl (C=O) groups excluding carboxylic acids is 1. The lowest BCUT2D eigenvalue weighted by Gasteiger charge is -2.08. The summed E-state index contributed by atoms with van der Waals surface area (Å²) in [7, 11) is 1.71. The average molecular weight is 403 g/mol. The molecule has 30 heavy (non-hydrogen) atoms. The van der Waals surface area contributed by atoms with Gasteiger partial charge < -0.3 is 10.6 Å². The predicted molar refractivity (Wildman–Crippen MR) is 112 cm³/mol. The first-order chi connectivity index (χ1) is 14.4. The lowest BCUT2D eigenvalue weighted by molar-refractivity contribution is 0.102. The number of amides is 1. The molecule has 0 bridgehead atoms. The molecule has 1 amide bonds. The molecule has 4 aromatic rings. The molecule has 4 rings (SSSR count). The maximum atomic E-state index is 12.1. The molecule has 0 fully saturated rings. The van der Waals surface area contributed by atoms with Crippen LogP contribution in [0.2, 0.25) is 0 Å². The molecule has 3 heterocycles. The van der Waals surface area contributed by atoms with Gasteiger partial charge in [0, 0.05) is 24.1 Å². The van der Waals surface area contributed by atoms with E-state index in [1.54, 1.807) is 30.1 Å². The fourth-order valence-electron chi connectivity index (χ4n) is 2.88. The molecule has 152 valence electrons. The van der Waals surface area contributed by atoms with Gasteiger partial charge in [-0.1, -0.05) is 5.21 Å². The Labute approximate surface area is 172 Å². The van der Waals surface area contributed by atoms with Crippen LogP contribution in [0.25, 0.3) is 5.82 Å². The summed E-state index contributed by atoms with van der Waals surface area (Å²) < 4.78 is 3.26. The minimum Gasteiger partial charge on any atom is -0.339 e. The molecule has 0 saturated heterocycles. The number of carbonyl (C=O) groups is 1. The van der Waals surface area contributed by atoms with E-state index < -0.39 is 0 Å². The van der Waals surface area contributed by atoms with Crippen molar-refractivity contribution in [3.8, 4) is 5.82 Å². The standard InChI is InChI=1S/C20H21N9O/c1-12-13(2)26-29(14(12)3)19-10-9-18(24-25-19)21-15-5-7-16(8-6-15)22-20(30)17-11-28(4)27-23-17/h5-11H,1-4H3,(H,21,24)(H,22,30). The molecule has 0 unspecified atom stereocenters. The topological polar surface area (TPSA) is 115 Å². The van der Waals surface area contributed by atoms with Crippen LogP contribution in [0.3, 0.4) is 0 Å². The number of nitrogens with zero attached hydrogens (tertiary/aromatic N) is 7. The average Bonchev–Trinajstić information content (AvgIpc) is 3.29. The number of aromatic nitrogens is 7. The van der Waals surface area contributed by atoms with Crippen LogP contribution in [-0.2, 0) is 7.05 Å². The summed E-state index contributed by atoms with van der Waals surface area (Å²) in [5.74, 6) is 0.953. The Morgan fingerprint density at radius 3 is 2.23 bits per heavy atom. The van der Waals surface area contributed by atoms with E-state index in [0.29, 0.717) is 17.3 Å². The first-order valence-corrected chi connectivity index (χ1v) is 9.32. The molecule has 0 aliphatic heterocycles. The van der Waals surface area contributed by atoms with Gasteiger partial charge in [-0.25, -0.2) is 4.68 Å². The van der Waals surface area contributed by atoms with E-state index in [-0.39, 0.29) is 11.6 Å². The van der Waals surface area contributed by atoms with Crippen LogP contribution in [0.1, 0.15) is 27.4 Å². The normalized spacial score (nSPS) is 10.8. The van der Waals surface area contributed by atoms with Gasteiger partial charge in [-0.15, -0.1) is 15.3 Å². The Kier molecular flexibility index (Phi) is 4.97. The SMILES string of the molecule is Cc1nn(-c2ccc(Nc3ccc(NC(=O)c4cn(C)nn4)cc3)nn2)c(C)c1C. The van der Waals surface area contributed by atoms with E-state index in [2.05, 4.69) is 36.2 Å². The van der Waals surface area contributed by atoms with Gasteiger partial charge in [-0.3, -0.25) is 9.48 Å². The van der Waals surface area contributed by atoms with Crippen LogP contribution in [0, 0.1) is 20.8 Å². The van der Waals surface area contributed by atoms with Crippen LogP contribution in [0.15, 0.2) is 42.6 Å². The third-order valence-corrected chi connectivity index (χ3v) is 4.77. The van der Waals surface area contributed by atoms with E-state index in [9.17, 15) is 4.79 Å². The van der Waals surface area contributed by atoms with Crippen molar-refractivity contribution in [2.24, 2.45) is 7.05 Å². The van der Waals surface area contributed by atoms with E-state index >= 15 is 0 Å². The first-order valence-electron chi connectivity index (χ1n) is 9.32. The highest BCUT2D eigenvalue weighted by Crippen LogP contribution is 2.19. The number of nitrogens with one attached hydrogen (secondary N) is 2. The van der Waals surface area contributed by atoms with Crippen molar-refractivity contribution < 1.29 is 4.79 Å². The fraction of sp³-hybridized carbons (Fsp3) is 0.200. The molecule has 2 N–H and O–H groups in total. The molecule has 0 aliphatic carbocycles. The third-order valence-electron chi connectivity index (χ3n) is 4.77. The Hall–Kier alpha value is -4.08. The largest absolute Gasteiger partial charge is 0.339 e. The van der Waals surface area contributed by atoms with Crippen LogP contribution < -0.4 is 10.6 Å². The molecule has 0 spiro atoms. The molecular weight excluding hydrogens is 382 g/mol. The van der Waals surface area contributed by atoms with Gasteiger partial charge in [0.1, 0.15) is 0 Å². The Bertz CT molecular complexity index is 1190. The van der Waals surface area contributed by atoms with Gasteiger partial charge in [0.05, 0.1) is 11.9 Å². The van der Waals surface area contributed by atoms with Gasteiger partial charge in [0.2, 0.25) is 0 Å². The van der Waals surface area contributed by atoms with Crippen LogP contribution in [0.5, 0.6) is 0 Å². The number of hydrogen-bond acceptors (Lipinski definition) is 7. The maximum absolute atomic E-state index is 12.1. The van der Waals surface area contributed by atoms with E-state index in [4.69, 9.17) is 0 Å². The second-order valence-corrected chi connectivity index (χ2v) is 6.92. The lowest BCUT2D eigenvalue weighted by atomic mass is 10.2. The highest BCUT2D eigenvalue weighted by Gasteiger charge is 2.11. The van der Waals surface area contributed by atoms with Crippen molar-refractivity contribution in [1.82, 2.24) is 35.0 Å². The summed E-state index contributed by atoms with van der Waals surface area (Å²) in [6.07, 6.45) is 1.56. The predicted octanol–water partition coefficient (Wildman–Crippen LogP) is 2.71. The number of aryl methyl sites for hydroxylation is 2. The second-order valence-electron chi connectivity index (χ2n) is 6.92. The fourth-order valence-corrected chi connectivity index (χ4v) is 2.88. The van der Waals surface area contributed by atoms with Crippen LogP contribution in [-0.4, -0.2) is 40.9 Å². The number of rotatable bonds is 5. The van der Waals surface area contributed by atoms with Gasteiger partial charge in [-0.2, -0.15) is 5.10 Å². The van der Waals surface area contributed by atoms with Crippen LogP contribution in [0.4, 0.5) is 17.2 Å². The van der Waals surface area contributed by atoms with Gasteiger partial charge in [0.25, 0.3) is 5.91 Å². The smallest absolute Gasteiger partial charge is 0.277 e. The molecule has 0 atom stereocenters. The van der Waals surface area contributed by atoms with Crippen molar-refractivity contribution in [1.29, 1.82) is 0 Å². The molecule has 0 radical (unpaired) electrons. The molecule has 1 aromatic carbocycles. The Morgan fingerprint density at radius 1 is 0.933 bits per heavy atom. The minimum absolute atomic E-state index is 0.257. The summed E-state index contributed by atoms with van der Waals surface area (Å²) in [5, 5.41) is 26.5. The molecule has 3 aromatic heterocycles. The van der Waals surface area contributed by atoms with Crippen molar-refractivity contribution >= 4 is 23.1 Å². The van der Waals surface area contributed by atoms with Crippen molar-refractivity contribution in [2.45, 2.75) is 20.8 Å². The van der Waals surface area contributed by atoms with E-state index in [1.807, 2.05) is 45.0 Å². The molecule has 10 heteroatoms. The zero-order valence-electron chi connectivity index (χ0n) is 17.1. The van der Waals surface area contributed by atoms with Crippen LogP contribution >= 0.6 is 0 Å².